The van der Waals surface area contributed by atoms with Crippen LogP contribution in [0.3, 0.4) is 0 Å². The van der Waals surface area contributed by atoms with Crippen molar-refractivity contribution >= 4 is 103 Å². The van der Waals surface area contributed by atoms with Gasteiger partial charge in [-0.15, -0.1) is 11.3 Å². The van der Waals surface area contributed by atoms with Gasteiger partial charge in [-0.05, 0) is 100 Å². The van der Waals surface area contributed by atoms with E-state index in [4.69, 9.17) is 8.83 Å². The standard InChI is InChI=1S/C52H31NO2S/c1-2-10-39-33(9-1)23-29-42-50-38(13-7-16-47(50)55-52(39)42)34-21-27-37(28-22-34)53(44-14-8-18-49-51(44)41-12-4-6-17-48(41)56-49)36-25-19-32(20-26-36)35-24-30-46-43(31-35)40-11-3-5-15-45(40)54-46/h1-31H. The van der Waals surface area contributed by atoms with Crippen LogP contribution in [0, 0.1) is 0 Å². The minimum atomic E-state index is 0.899. The van der Waals surface area contributed by atoms with Gasteiger partial charge in [0.1, 0.15) is 22.3 Å². The maximum Gasteiger partial charge on any atom is 0.143 e. The van der Waals surface area contributed by atoms with E-state index in [2.05, 4.69) is 181 Å². The highest BCUT2D eigenvalue weighted by atomic mass is 32.1. The molecule has 0 unspecified atom stereocenters. The molecular formula is C52H31NO2S. The summed E-state index contributed by atoms with van der Waals surface area (Å²) in [5.41, 5.74) is 11.6. The molecule has 0 aliphatic carbocycles. The number of hydrogen-bond donors (Lipinski definition) is 0. The molecule has 0 aliphatic rings. The smallest absolute Gasteiger partial charge is 0.143 e. The summed E-state index contributed by atoms with van der Waals surface area (Å²) in [5, 5.41) is 9.40. The molecule has 56 heavy (non-hydrogen) atoms. The van der Waals surface area contributed by atoms with Crippen LogP contribution in [-0.2, 0) is 0 Å². The van der Waals surface area contributed by atoms with Gasteiger partial charge in [-0.25, -0.2) is 0 Å². The molecule has 0 saturated heterocycles. The lowest BCUT2D eigenvalue weighted by atomic mass is 9.97. The first-order valence-corrected chi connectivity index (χ1v) is 19.7. The molecule has 0 aliphatic heterocycles. The molecule has 4 heteroatoms. The van der Waals surface area contributed by atoms with Gasteiger partial charge in [0, 0.05) is 58.5 Å². The van der Waals surface area contributed by atoms with Crippen LogP contribution in [0.1, 0.15) is 0 Å². The highest BCUT2D eigenvalue weighted by molar-refractivity contribution is 7.26. The van der Waals surface area contributed by atoms with Gasteiger partial charge in [0.2, 0.25) is 0 Å². The van der Waals surface area contributed by atoms with Crippen LogP contribution in [0.15, 0.2) is 197 Å². The quantitative estimate of drug-likeness (QED) is 0.176. The lowest BCUT2D eigenvalue weighted by Crippen LogP contribution is -2.10. The summed E-state index contributed by atoms with van der Waals surface area (Å²) in [6, 6.07) is 67.4. The fraction of sp³-hybridized carbons (Fsp3) is 0. The molecule has 262 valence electrons. The molecule has 9 aromatic carbocycles. The second kappa shape index (κ2) is 12.2. The van der Waals surface area contributed by atoms with Crippen molar-refractivity contribution in [3.63, 3.8) is 0 Å². The van der Waals surface area contributed by atoms with E-state index in [9.17, 15) is 0 Å². The first-order valence-electron chi connectivity index (χ1n) is 18.9. The van der Waals surface area contributed by atoms with Crippen LogP contribution in [0.4, 0.5) is 17.1 Å². The van der Waals surface area contributed by atoms with Crippen LogP contribution in [-0.4, -0.2) is 0 Å². The van der Waals surface area contributed by atoms with Gasteiger partial charge in [0.05, 0.1) is 5.69 Å². The number of benzene rings is 9. The molecule has 0 bridgehead atoms. The normalized spacial score (nSPS) is 11.9. The Labute approximate surface area is 325 Å². The molecule has 0 amide bonds. The number of rotatable bonds is 5. The number of nitrogens with zero attached hydrogens (tertiary/aromatic N) is 1. The van der Waals surface area contributed by atoms with Crippen LogP contribution in [0.5, 0.6) is 0 Å². The summed E-state index contributed by atoms with van der Waals surface area (Å²) >= 11 is 1.85. The molecular weight excluding hydrogens is 703 g/mol. The van der Waals surface area contributed by atoms with Crippen LogP contribution in [0.2, 0.25) is 0 Å². The second-order valence-electron chi connectivity index (χ2n) is 14.4. The zero-order chi connectivity index (χ0) is 36.7. The number of fused-ring (bicyclic) bond motifs is 11. The predicted octanol–water partition coefficient (Wildman–Crippen LogP) is 15.8. The number of anilines is 3. The highest BCUT2D eigenvalue weighted by Crippen LogP contribution is 2.46. The summed E-state index contributed by atoms with van der Waals surface area (Å²) < 4.78 is 15.2. The Balaban J connectivity index is 0.998. The average Bonchev–Trinajstić information content (AvgIpc) is 3.96. The van der Waals surface area contributed by atoms with E-state index in [1.54, 1.807) is 0 Å². The zero-order valence-corrected chi connectivity index (χ0v) is 30.9. The molecule has 0 fully saturated rings. The summed E-state index contributed by atoms with van der Waals surface area (Å²) in [7, 11) is 0. The van der Waals surface area contributed by atoms with Crippen molar-refractivity contribution in [3.05, 3.63) is 188 Å². The van der Waals surface area contributed by atoms with Crippen molar-refractivity contribution in [2.24, 2.45) is 0 Å². The van der Waals surface area contributed by atoms with Gasteiger partial charge < -0.3 is 13.7 Å². The van der Waals surface area contributed by atoms with Gasteiger partial charge in [-0.2, -0.15) is 0 Å². The van der Waals surface area contributed by atoms with Crippen molar-refractivity contribution in [3.8, 4) is 22.3 Å². The van der Waals surface area contributed by atoms with Crippen molar-refractivity contribution in [1.82, 2.24) is 0 Å². The fourth-order valence-electron chi connectivity index (χ4n) is 8.66. The SMILES string of the molecule is c1ccc2c(c1)ccc1c2oc2cccc(-c3ccc(N(c4ccc(-c5ccc6oc7ccccc7c6c5)cc4)c4cccc5sc6ccccc6c45)cc3)c21. The Kier molecular flexibility index (Phi) is 6.80. The van der Waals surface area contributed by atoms with Crippen LogP contribution < -0.4 is 4.90 Å². The first-order chi connectivity index (χ1) is 27.7. The molecule has 0 atom stereocenters. The number of thiophene rings is 1. The Morgan fingerprint density at radius 1 is 0.375 bits per heavy atom. The largest absolute Gasteiger partial charge is 0.456 e. The van der Waals surface area contributed by atoms with Crippen LogP contribution in [0.25, 0.3) is 97.1 Å². The molecule has 0 spiro atoms. The van der Waals surface area contributed by atoms with E-state index in [0.29, 0.717) is 0 Å². The molecule has 0 N–H and O–H groups in total. The van der Waals surface area contributed by atoms with Gasteiger partial charge in [0.15, 0.2) is 0 Å². The van der Waals surface area contributed by atoms with Crippen molar-refractivity contribution < 1.29 is 8.83 Å². The molecule has 3 heterocycles. The minimum Gasteiger partial charge on any atom is -0.456 e. The van der Waals surface area contributed by atoms with Gasteiger partial charge in [0.25, 0.3) is 0 Å². The first kappa shape index (κ1) is 31.2. The van der Waals surface area contributed by atoms with Gasteiger partial charge in [-0.1, -0.05) is 115 Å². The molecule has 0 radical (unpaired) electrons. The molecule has 12 aromatic rings. The molecule has 0 saturated carbocycles. The van der Waals surface area contributed by atoms with E-state index in [0.717, 1.165) is 88.6 Å². The summed E-state index contributed by atoms with van der Waals surface area (Å²) in [6.07, 6.45) is 0. The Hall–Kier alpha value is -7.14. The maximum absolute atomic E-state index is 6.54. The minimum absolute atomic E-state index is 0.899. The molecule has 3 nitrogen and oxygen atoms in total. The summed E-state index contributed by atoms with van der Waals surface area (Å²) in [4.78, 5) is 2.40. The summed E-state index contributed by atoms with van der Waals surface area (Å²) in [6.45, 7) is 0. The van der Waals surface area contributed by atoms with Crippen LogP contribution >= 0.6 is 11.3 Å². The monoisotopic (exact) mass is 733 g/mol. The van der Waals surface area contributed by atoms with E-state index in [1.165, 1.54) is 25.6 Å². The molecule has 12 rings (SSSR count). The third kappa shape index (κ3) is 4.76. The Bertz CT molecular complexity index is 3480. The fourth-order valence-corrected chi connectivity index (χ4v) is 9.79. The number of furan rings is 2. The third-order valence-electron chi connectivity index (χ3n) is 11.3. The highest BCUT2D eigenvalue weighted by Gasteiger charge is 2.20. The lowest BCUT2D eigenvalue weighted by Gasteiger charge is -2.27. The van der Waals surface area contributed by atoms with Gasteiger partial charge >= 0.3 is 0 Å². The Morgan fingerprint density at radius 3 is 1.89 bits per heavy atom. The summed E-state index contributed by atoms with van der Waals surface area (Å²) in [5.74, 6) is 0. The second-order valence-corrected chi connectivity index (χ2v) is 15.5. The van der Waals surface area contributed by atoms with Crippen molar-refractivity contribution in [1.29, 1.82) is 0 Å². The number of para-hydroxylation sites is 1. The lowest BCUT2D eigenvalue weighted by molar-refractivity contribution is 0.669. The third-order valence-corrected chi connectivity index (χ3v) is 12.4. The topological polar surface area (TPSA) is 29.5 Å². The average molecular weight is 734 g/mol. The van der Waals surface area contributed by atoms with Crippen molar-refractivity contribution in [2.45, 2.75) is 0 Å². The van der Waals surface area contributed by atoms with E-state index < -0.39 is 0 Å². The molecule has 3 aromatic heterocycles. The van der Waals surface area contributed by atoms with Gasteiger partial charge in [-0.3, -0.25) is 0 Å². The number of hydrogen-bond acceptors (Lipinski definition) is 4. The predicted molar refractivity (Wildman–Crippen MR) is 237 cm³/mol. The van der Waals surface area contributed by atoms with E-state index in [1.807, 2.05) is 23.5 Å². The van der Waals surface area contributed by atoms with E-state index >= 15 is 0 Å². The van der Waals surface area contributed by atoms with Crippen molar-refractivity contribution in [2.75, 3.05) is 4.90 Å². The zero-order valence-electron chi connectivity index (χ0n) is 30.1. The Morgan fingerprint density at radius 2 is 1.04 bits per heavy atom. The van der Waals surface area contributed by atoms with E-state index in [-0.39, 0.29) is 0 Å². The maximum atomic E-state index is 6.54.